The molecule has 0 aliphatic carbocycles. The van der Waals surface area contributed by atoms with Crippen molar-refractivity contribution in [2.45, 2.75) is 32.9 Å². The summed E-state index contributed by atoms with van der Waals surface area (Å²) >= 11 is 0. The summed E-state index contributed by atoms with van der Waals surface area (Å²) in [4.78, 5) is 0. The van der Waals surface area contributed by atoms with Crippen molar-refractivity contribution in [2.75, 3.05) is 6.79 Å². The third kappa shape index (κ3) is 2.07. The average Bonchev–Trinajstić information content (AvgIpc) is 2.74. The number of benzene rings is 1. The Hall–Kier alpha value is -1.42. The van der Waals surface area contributed by atoms with Crippen LogP contribution in [0, 0.1) is 0 Å². The maximum absolute atomic E-state index is 5.80. The van der Waals surface area contributed by atoms with Crippen molar-refractivity contribution in [3.63, 3.8) is 0 Å². The molecule has 0 radical (unpaired) electrons. The average molecular weight is 223 g/mol. The molecule has 0 amide bonds. The summed E-state index contributed by atoms with van der Waals surface area (Å²) in [6.45, 7) is 4.82. The molecule has 1 aliphatic rings. The van der Waals surface area contributed by atoms with Crippen LogP contribution in [-0.2, 0) is 6.54 Å². The lowest BCUT2D eigenvalue weighted by molar-refractivity contribution is 0.173. The Morgan fingerprint density at radius 3 is 2.69 bits per heavy atom. The van der Waals surface area contributed by atoms with Gasteiger partial charge in [0, 0.05) is 18.2 Å². The third-order valence-corrected chi connectivity index (χ3v) is 2.68. The van der Waals surface area contributed by atoms with E-state index in [-0.39, 0.29) is 12.9 Å². The second-order valence-electron chi connectivity index (χ2n) is 3.85. The molecule has 1 heterocycles. The van der Waals surface area contributed by atoms with E-state index >= 15 is 0 Å². The first-order valence-corrected chi connectivity index (χ1v) is 5.53. The molecular formula is C12H17NO3. The van der Waals surface area contributed by atoms with E-state index < -0.39 is 0 Å². The van der Waals surface area contributed by atoms with Crippen LogP contribution in [0.15, 0.2) is 12.1 Å². The molecule has 2 rings (SSSR count). The van der Waals surface area contributed by atoms with E-state index in [9.17, 15) is 0 Å². The summed E-state index contributed by atoms with van der Waals surface area (Å²) < 4.78 is 16.4. The number of fused-ring (bicyclic) bond motifs is 1. The standard InChI is InChI=1S/C12H17NO3/c1-3-8(2)16-10-5-12-11(14-7-15-12)4-9(10)6-13/h4-5,8H,3,6-7,13H2,1-2H3. The van der Waals surface area contributed by atoms with Gasteiger partial charge in [0.15, 0.2) is 11.5 Å². The van der Waals surface area contributed by atoms with Crippen LogP contribution in [-0.4, -0.2) is 12.9 Å². The van der Waals surface area contributed by atoms with Crippen LogP contribution >= 0.6 is 0 Å². The molecule has 4 nitrogen and oxygen atoms in total. The van der Waals surface area contributed by atoms with Crippen LogP contribution in [0.5, 0.6) is 17.2 Å². The van der Waals surface area contributed by atoms with Crippen LogP contribution in [0.4, 0.5) is 0 Å². The molecular weight excluding hydrogens is 206 g/mol. The fraction of sp³-hybridized carbons (Fsp3) is 0.500. The fourth-order valence-corrected chi connectivity index (χ4v) is 1.53. The Bertz CT molecular complexity index is 379. The van der Waals surface area contributed by atoms with Gasteiger partial charge in [0.05, 0.1) is 6.10 Å². The first-order chi connectivity index (χ1) is 7.74. The minimum atomic E-state index is 0.172. The summed E-state index contributed by atoms with van der Waals surface area (Å²) in [6, 6.07) is 3.75. The van der Waals surface area contributed by atoms with Crippen LogP contribution < -0.4 is 19.9 Å². The molecule has 16 heavy (non-hydrogen) atoms. The van der Waals surface area contributed by atoms with Crippen molar-refractivity contribution >= 4 is 0 Å². The van der Waals surface area contributed by atoms with Gasteiger partial charge in [0.25, 0.3) is 0 Å². The number of ether oxygens (including phenoxy) is 3. The quantitative estimate of drug-likeness (QED) is 0.848. The minimum Gasteiger partial charge on any atom is -0.490 e. The SMILES string of the molecule is CCC(C)Oc1cc2c(cc1CN)OCO2. The number of hydrogen-bond acceptors (Lipinski definition) is 4. The van der Waals surface area contributed by atoms with E-state index in [2.05, 4.69) is 6.92 Å². The Labute approximate surface area is 95.3 Å². The predicted molar refractivity (Wildman–Crippen MR) is 60.8 cm³/mol. The molecule has 0 bridgehead atoms. The van der Waals surface area contributed by atoms with Gasteiger partial charge in [0.1, 0.15) is 5.75 Å². The van der Waals surface area contributed by atoms with Gasteiger partial charge in [-0.25, -0.2) is 0 Å². The summed E-state index contributed by atoms with van der Waals surface area (Å²) in [5.74, 6) is 2.27. The van der Waals surface area contributed by atoms with Crippen molar-refractivity contribution < 1.29 is 14.2 Å². The van der Waals surface area contributed by atoms with Crippen LogP contribution in [0.2, 0.25) is 0 Å². The normalized spacial score (nSPS) is 14.9. The van der Waals surface area contributed by atoms with Gasteiger partial charge in [-0.15, -0.1) is 0 Å². The zero-order valence-corrected chi connectivity index (χ0v) is 9.66. The highest BCUT2D eigenvalue weighted by Gasteiger charge is 2.18. The molecule has 1 aliphatic heterocycles. The van der Waals surface area contributed by atoms with E-state index in [0.717, 1.165) is 29.2 Å². The summed E-state index contributed by atoms with van der Waals surface area (Å²) in [7, 11) is 0. The number of nitrogens with two attached hydrogens (primary N) is 1. The first-order valence-electron chi connectivity index (χ1n) is 5.53. The van der Waals surface area contributed by atoms with Gasteiger partial charge in [-0.1, -0.05) is 6.92 Å². The lowest BCUT2D eigenvalue weighted by Gasteiger charge is -2.16. The largest absolute Gasteiger partial charge is 0.490 e. The maximum atomic E-state index is 5.80. The van der Waals surface area contributed by atoms with Crippen molar-refractivity contribution in [3.05, 3.63) is 17.7 Å². The highest BCUT2D eigenvalue weighted by Crippen LogP contribution is 2.38. The molecule has 1 atom stereocenters. The molecule has 0 aromatic heterocycles. The van der Waals surface area contributed by atoms with Crippen LogP contribution in [0.1, 0.15) is 25.8 Å². The molecule has 4 heteroatoms. The van der Waals surface area contributed by atoms with E-state index in [1.54, 1.807) is 0 Å². The van der Waals surface area contributed by atoms with E-state index in [4.69, 9.17) is 19.9 Å². The Morgan fingerprint density at radius 1 is 1.38 bits per heavy atom. The molecule has 0 spiro atoms. The summed E-state index contributed by atoms with van der Waals surface area (Å²) in [6.07, 6.45) is 1.13. The highest BCUT2D eigenvalue weighted by atomic mass is 16.7. The molecule has 0 saturated heterocycles. The zero-order chi connectivity index (χ0) is 11.5. The summed E-state index contributed by atoms with van der Waals surface area (Å²) in [5, 5.41) is 0. The number of rotatable bonds is 4. The van der Waals surface area contributed by atoms with Crippen molar-refractivity contribution in [2.24, 2.45) is 5.73 Å². The van der Waals surface area contributed by atoms with Gasteiger partial charge in [-0.05, 0) is 19.4 Å². The third-order valence-electron chi connectivity index (χ3n) is 2.68. The lowest BCUT2D eigenvalue weighted by Crippen LogP contribution is -2.12. The topological polar surface area (TPSA) is 53.7 Å². The second-order valence-corrected chi connectivity index (χ2v) is 3.85. The second kappa shape index (κ2) is 4.61. The molecule has 0 saturated carbocycles. The monoisotopic (exact) mass is 223 g/mol. The van der Waals surface area contributed by atoms with Gasteiger partial charge < -0.3 is 19.9 Å². The first kappa shape index (κ1) is 11.1. The Balaban J connectivity index is 2.28. The molecule has 1 unspecified atom stereocenters. The zero-order valence-electron chi connectivity index (χ0n) is 9.66. The smallest absolute Gasteiger partial charge is 0.231 e. The van der Waals surface area contributed by atoms with E-state index in [0.29, 0.717) is 6.54 Å². The predicted octanol–water partition coefficient (Wildman–Crippen LogP) is 2.05. The van der Waals surface area contributed by atoms with Crippen molar-refractivity contribution in [3.8, 4) is 17.2 Å². The molecule has 1 aromatic carbocycles. The molecule has 2 N–H and O–H groups in total. The maximum Gasteiger partial charge on any atom is 0.231 e. The van der Waals surface area contributed by atoms with Crippen molar-refractivity contribution in [1.82, 2.24) is 0 Å². The van der Waals surface area contributed by atoms with Gasteiger partial charge in [-0.2, -0.15) is 0 Å². The highest BCUT2D eigenvalue weighted by molar-refractivity contribution is 5.51. The van der Waals surface area contributed by atoms with Gasteiger partial charge in [0.2, 0.25) is 6.79 Å². The van der Waals surface area contributed by atoms with Gasteiger partial charge >= 0.3 is 0 Å². The van der Waals surface area contributed by atoms with E-state index in [1.165, 1.54) is 0 Å². The Morgan fingerprint density at radius 2 is 2.06 bits per heavy atom. The van der Waals surface area contributed by atoms with Crippen LogP contribution in [0.25, 0.3) is 0 Å². The molecule has 0 fully saturated rings. The lowest BCUT2D eigenvalue weighted by atomic mass is 10.1. The molecule has 1 aromatic rings. The summed E-state index contributed by atoms with van der Waals surface area (Å²) in [5.41, 5.74) is 6.63. The number of hydrogen-bond donors (Lipinski definition) is 1. The van der Waals surface area contributed by atoms with Crippen LogP contribution in [0.3, 0.4) is 0 Å². The minimum absolute atomic E-state index is 0.172. The van der Waals surface area contributed by atoms with E-state index in [1.807, 2.05) is 19.1 Å². The fourth-order valence-electron chi connectivity index (χ4n) is 1.53. The van der Waals surface area contributed by atoms with Crippen molar-refractivity contribution in [1.29, 1.82) is 0 Å². The molecule has 88 valence electrons. The van der Waals surface area contributed by atoms with Gasteiger partial charge in [-0.3, -0.25) is 0 Å². The Kier molecular flexibility index (Phi) is 3.19.